The van der Waals surface area contributed by atoms with Gasteiger partial charge in [-0.3, -0.25) is 0 Å². The van der Waals surface area contributed by atoms with Crippen LogP contribution in [0.3, 0.4) is 0 Å². The Morgan fingerprint density at radius 2 is 0.522 bits per heavy atom. The summed E-state index contributed by atoms with van der Waals surface area (Å²) in [5.41, 5.74) is 22.9. The van der Waals surface area contributed by atoms with Gasteiger partial charge in [-0.15, -0.1) is 0 Å². The maximum Gasteiger partial charge on any atom is 0.160 e. The summed E-state index contributed by atoms with van der Waals surface area (Å²) >= 11 is 0. The number of nitrogens with zero attached hydrogens (tertiary/aromatic N) is 7. The highest BCUT2D eigenvalue weighted by atomic mass is 15.0. The lowest BCUT2D eigenvalue weighted by Crippen LogP contribution is -1.98. The van der Waals surface area contributed by atoms with Gasteiger partial charge in [0.2, 0.25) is 0 Å². The Labute approximate surface area is 517 Å². The SMILES string of the molecule is N#Cc1ccc(-c2cc(-c3ccc4c5cc(-c6ccc7c(c6)c6ccccc6n7-c6ccccc6)ccc5n(-c5ccccc5)c4c3)nc(-c3ccc4c5cc(-c6ccc7c(c6)c6ccccc6n7-c6ccccc6)ccc5n(-c5ccccc5)c4c3)n2)cc1. The molecule has 0 saturated heterocycles. The Hall–Kier alpha value is -12.4. The van der Waals surface area contributed by atoms with Crippen LogP contribution in [0.5, 0.6) is 0 Å². The maximum atomic E-state index is 9.86. The predicted octanol–water partition coefficient (Wildman–Crippen LogP) is 21.1. The molecule has 0 fully saturated rings. The largest absolute Gasteiger partial charge is 0.309 e. The van der Waals surface area contributed by atoms with E-state index in [1.165, 1.54) is 43.6 Å². The van der Waals surface area contributed by atoms with Crippen LogP contribution < -0.4 is 0 Å². The highest BCUT2D eigenvalue weighted by Crippen LogP contribution is 2.43. The number of aromatic nitrogens is 6. The normalized spacial score (nSPS) is 11.8. The Bertz CT molecular complexity index is 5610. The van der Waals surface area contributed by atoms with E-state index in [0.717, 1.165) is 117 Å². The Morgan fingerprint density at radius 1 is 0.222 bits per heavy atom. The smallest absolute Gasteiger partial charge is 0.160 e. The molecule has 418 valence electrons. The molecule has 5 heterocycles. The third-order valence-electron chi connectivity index (χ3n) is 18.2. The van der Waals surface area contributed by atoms with Crippen molar-refractivity contribution in [3.63, 3.8) is 0 Å². The first-order valence-corrected chi connectivity index (χ1v) is 30.4. The molecule has 0 atom stereocenters. The summed E-state index contributed by atoms with van der Waals surface area (Å²) in [5.74, 6) is 0.597. The van der Waals surface area contributed by atoms with Crippen molar-refractivity contribution in [2.75, 3.05) is 0 Å². The second-order valence-electron chi connectivity index (χ2n) is 23.3. The minimum absolute atomic E-state index is 0.588. The molecular weight excluding hydrogens is 1090 g/mol. The summed E-state index contributed by atoms with van der Waals surface area (Å²) in [6.45, 7) is 0. The number of para-hydroxylation sites is 6. The number of hydrogen-bond donors (Lipinski definition) is 0. The molecule has 18 aromatic rings. The van der Waals surface area contributed by atoms with Crippen molar-refractivity contribution in [2.45, 2.75) is 0 Å². The number of rotatable bonds is 9. The van der Waals surface area contributed by atoms with Crippen LogP contribution in [0.1, 0.15) is 5.56 Å². The predicted molar refractivity (Wildman–Crippen MR) is 371 cm³/mol. The summed E-state index contributed by atoms with van der Waals surface area (Å²) in [6.07, 6.45) is 0. The lowest BCUT2D eigenvalue weighted by atomic mass is 10.00. The Kier molecular flexibility index (Phi) is 11.5. The summed E-state index contributed by atoms with van der Waals surface area (Å²) in [4.78, 5) is 10.9. The van der Waals surface area contributed by atoms with Gasteiger partial charge in [-0.1, -0.05) is 170 Å². The van der Waals surface area contributed by atoms with Crippen LogP contribution in [-0.2, 0) is 0 Å². The average Bonchev–Trinajstić information content (AvgIpc) is 1.67. The first-order chi connectivity index (χ1) is 44.6. The van der Waals surface area contributed by atoms with E-state index in [1.54, 1.807) is 0 Å². The van der Waals surface area contributed by atoms with Gasteiger partial charge in [0, 0.05) is 82.5 Å². The monoisotopic (exact) mass is 1150 g/mol. The second kappa shape index (κ2) is 20.4. The van der Waals surface area contributed by atoms with Gasteiger partial charge in [0.15, 0.2) is 5.82 Å². The molecule has 7 heteroatoms. The van der Waals surface area contributed by atoms with E-state index >= 15 is 0 Å². The van der Waals surface area contributed by atoms with Crippen molar-refractivity contribution in [2.24, 2.45) is 0 Å². The summed E-state index contributed by atoms with van der Waals surface area (Å²) < 4.78 is 9.47. The summed E-state index contributed by atoms with van der Waals surface area (Å²) in [6, 6.07) is 113. The molecule has 0 N–H and O–H groups in total. The number of hydrogen-bond acceptors (Lipinski definition) is 3. The molecule has 0 aliphatic carbocycles. The van der Waals surface area contributed by atoms with Crippen molar-refractivity contribution in [3.8, 4) is 85.0 Å². The lowest BCUT2D eigenvalue weighted by molar-refractivity contribution is 1.16. The van der Waals surface area contributed by atoms with E-state index in [9.17, 15) is 5.26 Å². The van der Waals surface area contributed by atoms with Crippen LogP contribution in [0.25, 0.3) is 166 Å². The zero-order valence-corrected chi connectivity index (χ0v) is 48.6. The van der Waals surface area contributed by atoms with Crippen LogP contribution >= 0.6 is 0 Å². The van der Waals surface area contributed by atoms with Gasteiger partial charge in [0.25, 0.3) is 0 Å². The van der Waals surface area contributed by atoms with Crippen molar-refractivity contribution in [1.29, 1.82) is 5.26 Å². The molecule has 0 radical (unpaired) electrons. The second-order valence-corrected chi connectivity index (χ2v) is 23.3. The molecule has 90 heavy (non-hydrogen) atoms. The van der Waals surface area contributed by atoms with Crippen LogP contribution in [0, 0.1) is 11.3 Å². The quantitative estimate of drug-likeness (QED) is 0.145. The fourth-order valence-corrected chi connectivity index (χ4v) is 14.0. The highest BCUT2D eigenvalue weighted by molar-refractivity contribution is 6.15. The molecule has 7 nitrogen and oxygen atoms in total. The van der Waals surface area contributed by atoms with Crippen molar-refractivity contribution >= 4 is 87.2 Å². The molecule has 0 amide bonds. The van der Waals surface area contributed by atoms with E-state index in [0.29, 0.717) is 11.4 Å². The van der Waals surface area contributed by atoms with E-state index in [2.05, 4.69) is 309 Å². The zero-order chi connectivity index (χ0) is 59.4. The zero-order valence-electron chi connectivity index (χ0n) is 48.6. The molecule has 0 saturated carbocycles. The molecule has 18 rings (SSSR count). The van der Waals surface area contributed by atoms with Gasteiger partial charge in [-0.05, 0) is 162 Å². The Morgan fingerprint density at radius 3 is 0.922 bits per heavy atom. The minimum atomic E-state index is 0.588. The van der Waals surface area contributed by atoms with Gasteiger partial charge in [-0.2, -0.15) is 5.26 Å². The number of benzene rings is 13. The first-order valence-electron chi connectivity index (χ1n) is 30.4. The van der Waals surface area contributed by atoms with E-state index in [1.807, 2.05) is 24.3 Å². The van der Waals surface area contributed by atoms with E-state index < -0.39 is 0 Å². The fourth-order valence-electron chi connectivity index (χ4n) is 14.0. The standard InChI is InChI=1S/C83H51N7/c84-52-53-29-31-54(32-30-53)73-51-74(59-33-39-67-71-47-57(37-43-79(71)89(81(67)49-59)63-21-9-3-10-22-63)55-35-41-77-69(45-55)65-25-13-15-27-75(65)87(77)61-17-5-1-6-18-61)86-83(85-73)60-34-40-68-72-48-58(38-44-80(72)90(82(68)50-60)64-23-11-4-12-24-64)56-36-42-78-70(46-56)66-26-14-16-28-76(66)88(78)62-19-7-2-8-20-62/h1-51H. The lowest BCUT2D eigenvalue weighted by Gasteiger charge is -2.12. The molecular formula is C83H51N7. The van der Waals surface area contributed by atoms with E-state index in [4.69, 9.17) is 9.97 Å². The fraction of sp³-hybridized carbons (Fsp3) is 0. The van der Waals surface area contributed by atoms with Crippen LogP contribution in [0.4, 0.5) is 0 Å². The van der Waals surface area contributed by atoms with Gasteiger partial charge in [0.1, 0.15) is 0 Å². The molecule has 0 unspecified atom stereocenters. The minimum Gasteiger partial charge on any atom is -0.309 e. The third kappa shape index (κ3) is 8.13. The molecule has 0 aliphatic heterocycles. The molecule has 5 aromatic heterocycles. The van der Waals surface area contributed by atoms with Crippen LogP contribution in [-0.4, -0.2) is 28.2 Å². The summed E-state index contributed by atoms with van der Waals surface area (Å²) in [7, 11) is 0. The van der Waals surface area contributed by atoms with Gasteiger partial charge < -0.3 is 18.3 Å². The number of nitriles is 1. The summed E-state index contributed by atoms with van der Waals surface area (Å²) in [5, 5.41) is 19.3. The molecule has 13 aromatic carbocycles. The topological polar surface area (TPSA) is 69.3 Å². The average molecular weight is 1150 g/mol. The first kappa shape index (κ1) is 50.9. The molecule has 0 spiro atoms. The van der Waals surface area contributed by atoms with Gasteiger partial charge >= 0.3 is 0 Å². The maximum absolute atomic E-state index is 9.86. The third-order valence-corrected chi connectivity index (χ3v) is 18.2. The highest BCUT2D eigenvalue weighted by Gasteiger charge is 2.22. The molecule has 0 aliphatic rings. The van der Waals surface area contributed by atoms with Crippen LogP contribution in [0.15, 0.2) is 309 Å². The van der Waals surface area contributed by atoms with Crippen molar-refractivity contribution in [1.82, 2.24) is 28.2 Å². The molecule has 0 bridgehead atoms. The van der Waals surface area contributed by atoms with Crippen molar-refractivity contribution in [3.05, 3.63) is 315 Å². The van der Waals surface area contributed by atoms with Gasteiger partial charge in [0.05, 0.1) is 67.2 Å². The number of fused-ring (bicyclic) bond motifs is 12. The van der Waals surface area contributed by atoms with E-state index in [-0.39, 0.29) is 0 Å². The van der Waals surface area contributed by atoms with Crippen molar-refractivity contribution < 1.29 is 0 Å². The van der Waals surface area contributed by atoms with Gasteiger partial charge in [-0.25, -0.2) is 9.97 Å². The van der Waals surface area contributed by atoms with Crippen LogP contribution in [0.2, 0.25) is 0 Å². The Balaban J connectivity index is 0.784.